The van der Waals surface area contributed by atoms with Crippen molar-refractivity contribution in [2.45, 2.75) is 64.2 Å². The van der Waals surface area contributed by atoms with Crippen LogP contribution in [0.25, 0.3) is 0 Å². The van der Waals surface area contributed by atoms with Crippen LogP contribution in [0.3, 0.4) is 0 Å². The summed E-state index contributed by atoms with van der Waals surface area (Å²) in [6.07, 6.45) is 11.1. The lowest BCUT2D eigenvalue weighted by atomic mass is 9.74. The van der Waals surface area contributed by atoms with Crippen LogP contribution < -0.4 is 0 Å². The topological polar surface area (TPSA) is 24.3 Å². The summed E-state index contributed by atoms with van der Waals surface area (Å²) in [5.41, 5.74) is 2.75. The van der Waals surface area contributed by atoms with E-state index < -0.39 is 0 Å². The maximum Gasteiger partial charge on any atom is 0.0949 e. The molecule has 3 aliphatic heterocycles. The number of aromatic nitrogens is 2. The summed E-state index contributed by atoms with van der Waals surface area (Å²) in [4.78, 5) is 10.2. The number of likely N-dealkylation sites (tertiary alicyclic amines) is 1. The number of hydrogen-bond donors (Lipinski definition) is 0. The van der Waals surface area contributed by atoms with Crippen molar-refractivity contribution in [3.8, 4) is 0 Å². The van der Waals surface area contributed by atoms with Gasteiger partial charge in [-0.05, 0) is 50.0 Å². The van der Waals surface area contributed by atoms with E-state index in [0.29, 0.717) is 0 Å². The van der Waals surface area contributed by atoms with Crippen LogP contribution in [0.5, 0.6) is 0 Å². The van der Waals surface area contributed by atoms with Gasteiger partial charge in [0.05, 0.1) is 12.0 Å². The molecule has 4 heterocycles. The van der Waals surface area contributed by atoms with Crippen molar-refractivity contribution in [1.82, 2.24) is 19.4 Å². The van der Waals surface area contributed by atoms with E-state index in [0.717, 1.165) is 37.0 Å². The Morgan fingerprint density at radius 3 is 2.79 bits per heavy atom. The number of nitrogens with zero attached hydrogens (tertiary/aromatic N) is 4. The second-order valence-corrected chi connectivity index (χ2v) is 9.29. The highest BCUT2D eigenvalue weighted by Gasteiger charge is 2.44. The number of hydrogen-bond acceptors (Lipinski definition) is 3. The monoisotopic (exact) mass is 378 g/mol. The summed E-state index contributed by atoms with van der Waals surface area (Å²) in [6, 6.07) is 12.7. The number of piperidine rings is 3. The highest BCUT2D eigenvalue weighted by atomic mass is 15.3. The zero-order chi connectivity index (χ0) is 18.9. The molecular weight excluding hydrogens is 344 g/mol. The lowest BCUT2D eigenvalue weighted by Gasteiger charge is -2.55. The fraction of sp³-hybridized carbons (Fsp3) is 0.625. The van der Waals surface area contributed by atoms with Gasteiger partial charge in [-0.1, -0.05) is 36.8 Å². The predicted molar refractivity (Wildman–Crippen MR) is 113 cm³/mol. The van der Waals surface area contributed by atoms with E-state index in [-0.39, 0.29) is 0 Å². The molecule has 0 saturated carbocycles. The van der Waals surface area contributed by atoms with Crippen molar-refractivity contribution in [2.24, 2.45) is 11.8 Å². The molecule has 3 fully saturated rings. The highest BCUT2D eigenvalue weighted by molar-refractivity contribution is 5.16. The minimum Gasteiger partial charge on any atom is -0.337 e. The second-order valence-electron chi connectivity index (χ2n) is 9.29. The van der Waals surface area contributed by atoms with E-state index >= 15 is 0 Å². The van der Waals surface area contributed by atoms with E-state index in [1.165, 1.54) is 63.0 Å². The van der Waals surface area contributed by atoms with Gasteiger partial charge in [0.15, 0.2) is 0 Å². The van der Waals surface area contributed by atoms with Crippen molar-refractivity contribution >= 4 is 0 Å². The molecule has 3 saturated heterocycles. The fourth-order valence-corrected chi connectivity index (χ4v) is 6.14. The normalized spacial score (nSPS) is 30.9. The van der Waals surface area contributed by atoms with Gasteiger partial charge in [-0.3, -0.25) is 9.80 Å². The molecule has 1 aromatic heterocycles. The number of rotatable bonds is 5. The number of aryl methyl sites for hydroxylation is 1. The minimum atomic E-state index is 0.748. The third-order valence-corrected chi connectivity index (χ3v) is 7.34. The van der Waals surface area contributed by atoms with E-state index in [2.05, 4.69) is 62.8 Å². The first kappa shape index (κ1) is 18.4. The Kier molecular flexibility index (Phi) is 5.25. The van der Waals surface area contributed by atoms with Gasteiger partial charge in [0.25, 0.3) is 0 Å². The Labute approximate surface area is 169 Å². The highest BCUT2D eigenvalue weighted by Crippen LogP contribution is 2.40. The molecule has 0 unspecified atom stereocenters. The molecule has 0 amide bonds. The lowest BCUT2D eigenvalue weighted by Crippen LogP contribution is -2.61. The summed E-state index contributed by atoms with van der Waals surface area (Å²) in [5.74, 6) is 1.68. The number of benzene rings is 1. The summed E-state index contributed by atoms with van der Waals surface area (Å²) >= 11 is 0. The summed E-state index contributed by atoms with van der Waals surface area (Å²) in [5, 5.41) is 0. The van der Waals surface area contributed by atoms with Crippen LogP contribution >= 0.6 is 0 Å². The quantitative estimate of drug-likeness (QED) is 0.790. The fourth-order valence-electron chi connectivity index (χ4n) is 6.14. The van der Waals surface area contributed by atoms with Crippen molar-refractivity contribution in [3.05, 3.63) is 54.1 Å². The largest absolute Gasteiger partial charge is 0.337 e. The summed E-state index contributed by atoms with van der Waals surface area (Å²) in [6.45, 7) is 8.03. The smallest absolute Gasteiger partial charge is 0.0949 e. The molecule has 4 nitrogen and oxygen atoms in total. The number of imidazole rings is 1. The molecule has 3 aliphatic rings. The van der Waals surface area contributed by atoms with Gasteiger partial charge < -0.3 is 4.57 Å². The Hall–Kier alpha value is -1.65. The standard InChI is InChI=1S/C24H34N4/c1-2-26-16-22(25-18-26)17-27-13-20-11-21(15-27)24-10-6-9-23(28(24)14-20)12-19-7-4-3-5-8-19/h3-5,7-8,16,18,20-21,23-24H,2,6,9-15,17H2,1H3/t20-,21+,23+,24-/m0/s1. The first-order valence-electron chi connectivity index (χ1n) is 11.3. The van der Waals surface area contributed by atoms with Crippen molar-refractivity contribution in [3.63, 3.8) is 0 Å². The molecule has 0 radical (unpaired) electrons. The lowest BCUT2D eigenvalue weighted by molar-refractivity contribution is -0.0580. The number of fused-ring (bicyclic) bond motifs is 4. The zero-order valence-corrected chi connectivity index (χ0v) is 17.2. The van der Waals surface area contributed by atoms with E-state index in [1.807, 2.05) is 6.33 Å². The van der Waals surface area contributed by atoms with Gasteiger partial charge in [0, 0.05) is 51.0 Å². The molecule has 0 aliphatic carbocycles. The van der Waals surface area contributed by atoms with Gasteiger partial charge in [-0.2, -0.15) is 0 Å². The van der Waals surface area contributed by atoms with Crippen molar-refractivity contribution < 1.29 is 0 Å². The molecule has 4 heteroatoms. The van der Waals surface area contributed by atoms with Crippen molar-refractivity contribution in [2.75, 3.05) is 19.6 Å². The second kappa shape index (κ2) is 8.00. The van der Waals surface area contributed by atoms with Crippen LogP contribution in [-0.4, -0.2) is 51.1 Å². The Balaban J connectivity index is 1.26. The first-order valence-corrected chi connectivity index (χ1v) is 11.3. The molecule has 2 bridgehead atoms. The van der Waals surface area contributed by atoms with Gasteiger partial charge in [-0.15, -0.1) is 0 Å². The third kappa shape index (κ3) is 3.77. The Morgan fingerprint density at radius 1 is 1.07 bits per heavy atom. The molecule has 0 spiro atoms. The Morgan fingerprint density at radius 2 is 1.96 bits per heavy atom. The van der Waals surface area contributed by atoms with Gasteiger partial charge in [0.1, 0.15) is 0 Å². The van der Waals surface area contributed by atoms with Crippen LogP contribution in [0, 0.1) is 11.8 Å². The molecule has 0 N–H and O–H groups in total. The average molecular weight is 379 g/mol. The minimum absolute atomic E-state index is 0.748. The van der Waals surface area contributed by atoms with Crippen LogP contribution in [0.1, 0.15) is 43.9 Å². The maximum absolute atomic E-state index is 4.63. The molecule has 150 valence electrons. The van der Waals surface area contributed by atoms with E-state index in [9.17, 15) is 0 Å². The molecular formula is C24H34N4. The SMILES string of the molecule is CCn1cnc(CN2C[C@@H]3C[C@H](C2)[C@@H]2CCC[C@H](Cc4ccccc4)N2C3)c1. The molecule has 28 heavy (non-hydrogen) atoms. The average Bonchev–Trinajstić information content (AvgIpc) is 3.17. The zero-order valence-electron chi connectivity index (χ0n) is 17.2. The summed E-state index contributed by atoms with van der Waals surface area (Å²) < 4.78 is 2.19. The third-order valence-electron chi connectivity index (χ3n) is 7.34. The molecule has 5 rings (SSSR count). The van der Waals surface area contributed by atoms with Gasteiger partial charge >= 0.3 is 0 Å². The predicted octanol–water partition coefficient (Wildman–Crippen LogP) is 3.82. The van der Waals surface area contributed by atoms with Gasteiger partial charge in [-0.25, -0.2) is 4.98 Å². The molecule has 2 aromatic rings. The Bertz CT molecular complexity index is 770. The first-order chi connectivity index (χ1) is 13.8. The van der Waals surface area contributed by atoms with E-state index in [4.69, 9.17) is 0 Å². The van der Waals surface area contributed by atoms with Gasteiger partial charge in [0.2, 0.25) is 0 Å². The molecule has 1 aromatic carbocycles. The molecule has 4 atom stereocenters. The van der Waals surface area contributed by atoms with E-state index in [1.54, 1.807) is 0 Å². The van der Waals surface area contributed by atoms with Crippen molar-refractivity contribution in [1.29, 1.82) is 0 Å². The van der Waals surface area contributed by atoms with Crippen LogP contribution in [0.2, 0.25) is 0 Å². The maximum atomic E-state index is 4.63. The van der Waals surface area contributed by atoms with Crippen LogP contribution in [0.4, 0.5) is 0 Å². The van der Waals surface area contributed by atoms with Crippen LogP contribution in [0.15, 0.2) is 42.9 Å². The van der Waals surface area contributed by atoms with Crippen LogP contribution in [-0.2, 0) is 19.5 Å². The summed E-state index contributed by atoms with van der Waals surface area (Å²) in [7, 11) is 0.